The van der Waals surface area contributed by atoms with Crippen LogP contribution in [0.25, 0.3) is 0 Å². The summed E-state index contributed by atoms with van der Waals surface area (Å²) < 4.78 is 20.7. The van der Waals surface area contributed by atoms with Crippen LogP contribution in [-0.4, -0.2) is 45.3 Å². The van der Waals surface area contributed by atoms with Crippen LogP contribution in [0.2, 0.25) is 0 Å². The van der Waals surface area contributed by atoms with Crippen molar-refractivity contribution >= 4 is 23.5 Å². The van der Waals surface area contributed by atoms with E-state index in [1.54, 1.807) is 32.0 Å². The Labute approximate surface area is 187 Å². The molecule has 0 fully saturated rings. The molecule has 0 aliphatic rings. The lowest BCUT2D eigenvalue weighted by molar-refractivity contribution is -0.146. The van der Waals surface area contributed by atoms with Crippen molar-refractivity contribution in [1.82, 2.24) is 0 Å². The number of anilines is 1. The number of amides is 1. The second-order valence-corrected chi connectivity index (χ2v) is 6.42. The predicted molar refractivity (Wildman–Crippen MR) is 119 cm³/mol. The van der Waals surface area contributed by atoms with Crippen molar-refractivity contribution in [3.63, 3.8) is 0 Å². The molecular formula is C24H27NO7. The molecule has 0 unspecified atom stereocenters. The molecule has 0 atom stereocenters. The Kier molecular flexibility index (Phi) is 9.28. The van der Waals surface area contributed by atoms with Crippen molar-refractivity contribution in [2.45, 2.75) is 20.4 Å². The number of nitrogens with zero attached hydrogens (tertiary/aromatic N) is 1. The SMILES string of the molecule is CCOC(=O)C(=CC(=O)N(Cc1ccccc1)c1cccc(OC)c1OC)C(=O)OCC. The van der Waals surface area contributed by atoms with Crippen LogP contribution in [0.3, 0.4) is 0 Å². The van der Waals surface area contributed by atoms with E-state index in [0.29, 0.717) is 17.2 Å². The maximum absolute atomic E-state index is 13.4. The van der Waals surface area contributed by atoms with Crippen LogP contribution in [0.15, 0.2) is 60.2 Å². The molecule has 1 amide bonds. The van der Waals surface area contributed by atoms with Crippen LogP contribution in [0.5, 0.6) is 11.5 Å². The van der Waals surface area contributed by atoms with Gasteiger partial charge in [-0.05, 0) is 31.5 Å². The summed E-state index contributed by atoms with van der Waals surface area (Å²) in [6.45, 7) is 3.44. The lowest BCUT2D eigenvalue weighted by Crippen LogP contribution is -2.31. The fourth-order valence-electron chi connectivity index (χ4n) is 2.95. The molecule has 0 heterocycles. The number of ether oxygens (including phenoxy) is 4. The molecule has 0 bridgehead atoms. The van der Waals surface area contributed by atoms with Crippen molar-refractivity contribution in [2.75, 3.05) is 32.3 Å². The fourth-order valence-corrected chi connectivity index (χ4v) is 2.95. The molecular weight excluding hydrogens is 414 g/mol. The Morgan fingerprint density at radius 1 is 0.844 bits per heavy atom. The van der Waals surface area contributed by atoms with E-state index in [4.69, 9.17) is 18.9 Å². The van der Waals surface area contributed by atoms with Crippen LogP contribution in [-0.2, 0) is 30.4 Å². The summed E-state index contributed by atoms with van der Waals surface area (Å²) in [7, 11) is 2.95. The number of rotatable bonds is 10. The number of esters is 2. The highest BCUT2D eigenvalue weighted by Crippen LogP contribution is 2.38. The zero-order chi connectivity index (χ0) is 23.5. The first kappa shape index (κ1) is 24.5. The molecule has 32 heavy (non-hydrogen) atoms. The molecule has 8 nitrogen and oxygen atoms in total. The minimum Gasteiger partial charge on any atom is -0.493 e. The number of carbonyl (C=O) groups excluding carboxylic acids is 3. The first-order valence-electron chi connectivity index (χ1n) is 10.1. The highest BCUT2D eigenvalue weighted by Gasteiger charge is 2.27. The van der Waals surface area contributed by atoms with Gasteiger partial charge in [0.05, 0.1) is 39.7 Å². The largest absolute Gasteiger partial charge is 0.493 e. The predicted octanol–water partition coefficient (Wildman–Crippen LogP) is 3.29. The van der Waals surface area contributed by atoms with E-state index in [9.17, 15) is 14.4 Å². The molecule has 0 radical (unpaired) electrons. The molecule has 2 aromatic rings. The summed E-state index contributed by atoms with van der Waals surface area (Å²) in [6.07, 6.45) is 0.928. The second kappa shape index (κ2) is 12.1. The number of hydrogen-bond donors (Lipinski definition) is 0. The number of carbonyl (C=O) groups is 3. The Bertz CT molecular complexity index is 950. The van der Waals surface area contributed by atoms with E-state index in [1.807, 2.05) is 30.3 Å². The summed E-state index contributed by atoms with van der Waals surface area (Å²) in [6, 6.07) is 14.4. The van der Waals surface area contributed by atoms with E-state index in [1.165, 1.54) is 19.1 Å². The third kappa shape index (κ3) is 6.10. The molecule has 2 aromatic carbocycles. The van der Waals surface area contributed by atoms with Crippen molar-refractivity contribution in [2.24, 2.45) is 0 Å². The molecule has 0 aromatic heterocycles. The van der Waals surface area contributed by atoms with Gasteiger partial charge in [0, 0.05) is 6.08 Å². The van der Waals surface area contributed by atoms with Gasteiger partial charge in [-0.2, -0.15) is 0 Å². The van der Waals surface area contributed by atoms with Gasteiger partial charge in [0.2, 0.25) is 0 Å². The highest BCUT2D eigenvalue weighted by molar-refractivity contribution is 6.19. The zero-order valence-electron chi connectivity index (χ0n) is 18.6. The van der Waals surface area contributed by atoms with E-state index in [2.05, 4.69) is 0 Å². The molecule has 0 N–H and O–H groups in total. The minimum atomic E-state index is -0.934. The van der Waals surface area contributed by atoms with Crippen molar-refractivity contribution in [1.29, 1.82) is 0 Å². The Morgan fingerprint density at radius 3 is 2.00 bits per heavy atom. The summed E-state index contributed by atoms with van der Waals surface area (Å²) in [5.74, 6) is -1.73. The average Bonchev–Trinajstić information content (AvgIpc) is 2.81. The number of para-hydroxylation sites is 1. The molecule has 2 rings (SSSR count). The van der Waals surface area contributed by atoms with Crippen LogP contribution < -0.4 is 14.4 Å². The van der Waals surface area contributed by atoms with Crippen molar-refractivity contribution in [3.8, 4) is 11.5 Å². The van der Waals surface area contributed by atoms with Crippen LogP contribution >= 0.6 is 0 Å². The van der Waals surface area contributed by atoms with Gasteiger partial charge in [-0.25, -0.2) is 9.59 Å². The van der Waals surface area contributed by atoms with Gasteiger partial charge in [0.1, 0.15) is 5.57 Å². The molecule has 0 saturated heterocycles. The summed E-state index contributed by atoms with van der Waals surface area (Å²) in [4.78, 5) is 39.4. The van der Waals surface area contributed by atoms with Gasteiger partial charge in [0.25, 0.3) is 5.91 Å². The van der Waals surface area contributed by atoms with Crippen LogP contribution in [0.4, 0.5) is 5.69 Å². The van der Waals surface area contributed by atoms with Crippen LogP contribution in [0.1, 0.15) is 19.4 Å². The lowest BCUT2D eigenvalue weighted by Gasteiger charge is -2.25. The monoisotopic (exact) mass is 441 g/mol. The molecule has 0 aliphatic heterocycles. The van der Waals surface area contributed by atoms with Gasteiger partial charge in [-0.3, -0.25) is 4.79 Å². The standard InChI is InChI=1S/C24H27NO7/c1-5-31-23(27)18(24(28)32-6-2)15-21(26)25(16-17-11-8-7-9-12-17)19-13-10-14-20(29-3)22(19)30-4/h7-15H,5-6,16H2,1-4H3. The van der Waals surface area contributed by atoms with Gasteiger partial charge in [0.15, 0.2) is 11.5 Å². The minimum absolute atomic E-state index is 0.0429. The van der Waals surface area contributed by atoms with E-state index < -0.39 is 23.4 Å². The number of benzene rings is 2. The summed E-state index contributed by atoms with van der Waals surface area (Å²) in [5.41, 5.74) is 0.746. The maximum Gasteiger partial charge on any atom is 0.345 e. The number of methoxy groups -OCH3 is 2. The molecule has 0 aliphatic carbocycles. The molecule has 0 spiro atoms. The molecule has 170 valence electrons. The fraction of sp³-hybridized carbons (Fsp3) is 0.292. The van der Waals surface area contributed by atoms with Gasteiger partial charge in [-0.15, -0.1) is 0 Å². The molecule has 8 heteroatoms. The maximum atomic E-state index is 13.4. The third-order valence-electron chi connectivity index (χ3n) is 4.38. The quantitative estimate of drug-likeness (QED) is 0.242. The second-order valence-electron chi connectivity index (χ2n) is 6.42. The Hall–Kier alpha value is -3.81. The third-order valence-corrected chi connectivity index (χ3v) is 4.38. The lowest BCUT2D eigenvalue weighted by atomic mass is 10.1. The van der Waals surface area contributed by atoms with Gasteiger partial charge in [-0.1, -0.05) is 36.4 Å². The number of hydrogen-bond acceptors (Lipinski definition) is 7. The average molecular weight is 441 g/mol. The summed E-state index contributed by atoms with van der Waals surface area (Å²) >= 11 is 0. The Balaban J connectivity index is 2.58. The van der Waals surface area contributed by atoms with E-state index in [-0.39, 0.29) is 19.8 Å². The smallest absolute Gasteiger partial charge is 0.345 e. The van der Waals surface area contributed by atoms with Crippen molar-refractivity contribution < 1.29 is 33.3 Å². The first-order valence-corrected chi connectivity index (χ1v) is 10.1. The zero-order valence-corrected chi connectivity index (χ0v) is 18.6. The highest BCUT2D eigenvalue weighted by atomic mass is 16.6. The van der Waals surface area contributed by atoms with Crippen molar-refractivity contribution in [3.05, 3.63) is 65.7 Å². The normalized spacial score (nSPS) is 10.0. The van der Waals surface area contributed by atoms with Gasteiger partial charge >= 0.3 is 11.9 Å². The first-order chi connectivity index (χ1) is 15.5. The van der Waals surface area contributed by atoms with Crippen LogP contribution in [0, 0.1) is 0 Å². The Morgan fingerprint density at radius 2 is 1.47 bits per heavy atom. The van der Waals surface area contributed by atoms with E-state index in [0.717, 1.165) is 11.6 Å². The van der Waals surface area contributed by atoms with E-state index >= 15 is 0 Å². The summed E-state index contributed by atoms with van der Waals surface area (Å²) in [5, 5.41) is 0. The topological polar surface area (TPSA) is 91.4 Å². The molecule has 0 saturated carbocycles. The van der Waals surface area contributed by atoms with Gasteiger partial charge < -0.3 is 23.8 Å².